The largest absolute Gasteiger partial charge is 0.337 e. The highest BCUT2D eigenvalue weighted by atomic mass is 16.2. The molecule has 1 radical (unpaired) electrons. The monoisotopic (exact) mass is 184 g/mol. The molecule has 1 amide bonds. The lowest BCUT2D eigenvalue weighted by Crippen LogP contribution is -2.43. The van der Waals surface area contributed by atoms with Crippen LogP contribution in [0.15, 0.2) is 0 Å². The lowest BCUT2D eigenvalue weighted by molar-refractivity contribution is -0.134. The van der Waals surface area contributed by atoms with Crippen LogP contribution < -0.4 is 0 Å². The van der Waals surface area contributed by atoms with E-state index in [0.717, 1.165) is 12.8 Å². The third-order valence-corrected chi connectivity index (χ3v) is 2.63. The summed E-state index contributed by atoms with van der Waals surface area (Å²) in [6, 6.07) is 0.674. The molecule has 0 rings (SSSR count). The molecule has 2 unspecified atom stereocenters. The van der Waals surface area contributed by atoms with E-state index in [1.54, 1.807) is 0 Å². The molecule has 0 saturated heterocycles. The topological polar surface area (TPSA) is 20.3 Å². The number of nitrogens with zero attached hydrogens (tertiary/aromatic N) is 1. The molecule has 0 aromatic rings. The van der Waals surface area contributed by atoms with Gasteiger partial charge in [0.2, 0.25) is 5.91 Å². The van der Waals surface area contributed by atoms with E-state index in [0.29, 0.717) is 18.5 Å². The van der Waals surface area contributed by atoms with Crippen molar-refractivity contribution in [2.24, 2.45) is 0 Å². The van der Waals surface area contributed by atoms with Crippen LogP contribution in [0.1, 0.15) is 47.0 Å². The third kappa shape index (κ3) is 3.37. The fourth-order valence-corrected chi connectivity index (χ4v) is 1.45. The van der Waals surface area contributed by atoms with E-state index in [4.69, 9.17) is 0 Å². The van der Waals surface area contributed by atoms with Crippen molar-refractivity contribution >= 4 is 5.91 Å². The second-order valence-corrected chi connectivity index (χ2v) is 3.57. The van der Waals surface area contributed by atoms with E-state index in [1.807, 2.05) is 4.90 Å². The molecule has 0 aliphatic rings. The van der Waals surface area contributed by atoms with E-state index in [2.05, 4.69) is 34.6 Å². The van der Waals surface area contributed by atoms with Gasteiger partial charge in [-0.15, -0.1) is 0 Å². The lowest BCUT2D eigenvalue weighted by atomic mass is 10.1. The van der Waals surface area contributed by atoms with Gasteiger partial charge in [0.05, 0.1) is 0 Å². The van der Waals surface area contributed by atoms with Crippen LogP contribution in [0.3, 0.4) is 0 Å². The Hall–Kier alpha value is -0.530. The fraction of sp³-hybridized carbons (Fsp3) is 0.818. The van der Waals surface area contributed by atoms with Crippen molar-refractivity contribution in [1.29, 1.82) is 0 Å². The summed E-state index contributed by atoms with van der Waals surface area (Å²) in [4.78, 5) is 13.5. The minimum Gasteiger partial charge on any atom is -0.337 e. The van der Waals surface area contributed by atoms with Gasteiger partial charge in [0, 0.05) is 18.5 Å². The van der Waals surface area contributed by atoms with Crippen molar-refractivity contribution in [3.63, 3.8) is 0 Å². The smallest absolute Gasteiger partial charge is 0.223 e. The van der Waals surface area contributed by atoms with Crippen molar-refractivity contribution in [2.45, 2.75) is 59.0 Å². The summed E-state index contributed by atoms with van der Waals surface area (Å²) < 4.78 is 0. The van der Waals surface area contributed by atoms with Gasteiger partial charge in [-0.05, 0) is 33.6 Å². The number of carbonyl (C=O) groups is 1. The van der Waals surface area contributed by atoms with Crippen LogP contribution in [0.4, 0.5) is 0 Å². The van der Waals surface area contributed by atoms with Gasteiger partial charge in [0.15, 0.2) is 0 Å². The predicted octanol–water partition coefficient (Wildman–Crippen LogP) is 2.64. The van der Waals surface area contributed by atoms with Crippen molar-refractivity contribution < 1.29 is 4.79 Å². The maximum Gasteiger partial charge on any atom is 0.223 e. The van der Waals surface area contributed by atoms with Crippen LogP contribution in [0.2, 0.25) is 0 Å². The molecule has 0 bridgehead atoms. The molecule has 0 aliphatic carbocycles. The minimum absolute atomic E-state index is 0.170. The molecule has 0 aromatic carbocycles. The highest BCUT2D eigenvalue weighted by Gasteiger charge is 2.21. The van der Waals surface area contributed by atoms with Gasteiger partial charge in [-0.2, -0.15) is 0 Å². The van der Waals surface area contributed by atoms with Crippen LogP contribution >= 0.6 is 0 Å². The first-order valence-electron chi connectivity index (χ1n) is 5.18. The Labute approximate surface area is 82.3 Å². The standard InChI is InChI=1S/C11H22NO/c1-6-9(4)12(10(5)7-2)11(13)8-3/h9-10H,3,6-8H2,1-2,4-5H3. The van der Waals surface area contributed by atoms with E-state index in [1.165, 1.54) is 0 Å². The average molecular weight is 184 g/mol. The number of rotatable bonds is 5. The van der Waals surface area contributed by atoms with E-state index in [-0.39, 0.29) is 5.91 Å². The summed E-state index contributed by atoms with van der Waals surface area (Å²) in [7, 11) is 0. The van der Waals surface area contributed by atoms with Crippen LogP contribution in [0.25, 0.3) is 0 Å². The molecule has 0 N–H and O–H groups in total. The zero-order chi connectivity index (χ0) is 10.4. The maximum absolute atomic E-state index is 11.6. The molecule has 0 spiro atoms. The number of amides is 1. The predicted molar refractivity (Wildman–Crippen MR) is 56.3 cm³/mol. The van der Waals surface area contributed by atoms with Crippen LogP contribution in [-0.4, -0.2) is 22.9 Å². The van der Waals surface area contributed by atoms with Gasteiger partial charge in [-0.25, -0.2) is 0 Å². The summed E-state index contributed by atoms with van der Waals surface area (Å²) in [6.45, 7) is 12.1. The van der Waals surface area contributed by atoms with Crippen LogP contribution in [0, 0.1) is 6.92 Å². The highest BCUT2D eigenvalue weighted by molar-refractivity contribution is 5.77. The number of hydrogen-bond acceptors (Lipinski definition) is 1. The molecular formula is C11H22NO. The SMILES string of the molecule is [CH2]CC(=O)N(C(C)CC)C(C)CC. The quantitative estimate of drug-likeness (QED) is 0.643. The van der Waals surface area contributed by atoms with Crippen molar-refractivity contribution in [1.82, 2.24) is 4.90 Å². The lowest BCUT2D eigenvalue weighted by Gasteiger charge is -2.33. The Balaban J connectivity index is 4.44. The van der Waals surface area contributed by atoms with Crippen LogP contribution in [-0.2, 0) is 4.79 Å². The molecule has 2 heteroatoms. The molecule has 0 heterocycles. The first-order valence-corrected chi connectivity index (χ1v) is 5.18. The van der Waals surface area contributed by atoms with E-state index < -0.39 is 0 Å². The van der Waals surface area contributed by atoms with Gasteiger partial charge >= 0.3 is 0 Å². The van der Waals surface area contributed by atoms with Gasteiger partial charge in [0.1, 0.15) is 0 Å². The van der Waals surface area contributed by atoms with Crippen LogP contribution in [0.5, 0.6) is 0 Å². The Kier molecular flexibility index (Phi) is 5.76. The molecule has 13 heavy (non-hydrogen) atoms. The average Bonchev–Trinajstić information content (AvgIpc) is 2.16. The third-order valence-electron chi connectivity index (χ3n) is 2.63. The minimum atomic E-state index is 0.170. The van der Waals surface area contributed by atoms with Gasteiger partial charge in [0.25, 0.3) is 0 Å². The van der Waals surface area contributed by atoms with Gasteiger partial charge in [-0.1, -0.05) is 13.8 Å². The second-order valence-electron chi connectivity index (χ2n) is 3.57. The first kappa shape index (κ1) is 12.5. The highest BCUT2D eigenvalue weighted by Crippen LogP contribution is 2.12. The summed E-state index contributed by atoms with van der Waals surface area (Å²) >= 11 is 0. The second kappa shape index (κ2) is 6.01. The van der Waals surface area contributed by atoms with Gasteiger partial charge in [-0.3, -0.25) is 4.79 Å². The summed E-state index contributed by atoms with van der Waals surface area (Å²) in [5, 5.41) is 0. The summed E-state index contributed by atoms with van der Waals surface area (Å²) in [5.74, 6) is 0.170. The molecular weight excluding hydrogens is 162 g/mol. The summed E-state index contributed by atoms with van der Waals surface area (Å²) in [5.41, 5.74) is 0. The van der Waals surface area contributed by atoms with E-state index in [9.17, 15) is 4.79 Å². The van der Waals surface area contributed by atoms with E-state index >= 15 is 0 Å². The Morgan fingerprint density at radius 1 is 1.23 bits per heavy atom. The summed E-state index contributed by atoms with van der Waals surface area (Å²) in [6.07, 6.45) is 2.39. The molecule has 77 valence electrons. The maximum atomic E-state index is 11.6. The molecule has 0 saturated carbocycles. The Bertz CT molecular complexity index is 146. The molecule has 2 atom stereocenters. The normalized spacial score (nSPS) is 15.2. The number of hydrogen-bond donors (Lipinski definition) is 0. The van der Waals surface area contributed by atoms with Crippen molar-refractivity contribution in [2.75, 3.05) is 0 Å². The molecule has 0 aromatic heterocycles. The first-order chi connectivity index (χ1) is 6.08. The molecule has 0 fully saturated rings. The molecule has 2 nitrogen and oxygen atoms in total. The fourth-order valence-electron chi connectivity index (χ4n) is 1.45. The van der Waals surface area contributed by atoms with Crippen molar-refractivity contribution in [3.8, 4) is 0 Å². The van der Waals surface area contributed by atoms with Crippen molar-refractivity contribution in [3.05, 3.63) is 6.92 Å². The molecule has 0 aliphatic heterocycles. The Morgan fingerprint density at radius 3 is 1.85 bits per heavy atom. The zero-order valence-electron chi connectivity index (χ0n) is 9.34. The Morgan fingerprint density at radius 2 is 1.62 bits per heavy atom. The zero-order valence-corrected chi connectivity index (χ0v) is 9.34. The number of carbonyl (C=O) groups excluding carboxylic acids is 1. The van der Waals surface area contributed by atoms with Gasteiger partial charge < -0.3 is 4.90 Å².